The van der Waals surface area contributed by atoms with E-state index in [1.54, 1.807) is 7.11 Å². The zero-order valence-corrected chi connectivity index (χ0v) is 14.8. The van der Waals surface area contributed by atoms with E-state index < -0.39 is 5.41 Å². The molecule has 0 amide bonds. The minimum absolute atomic E-state index is 0.285. The maximum absolute atomic E-state index is 9.48. The van der Waals surface area contributed by atoms with Gasteiger partial charge in [-0.25, -0.2) is 4.98 Å². The SMILES string of the molecule is COc1ncnc2c(CCC(CO)(CO)CO)cn(COCP)c12. The number of aliphatic hydroxyl groups is 3. The molecule has 9 heteroatoms. The van der Waals surface area contributed by atoms with Crippen LogP contribution in [-0.4, -0.2) is 63.1 Å². The molecule has 0 radical (unpaired) electrons. The van der Waals surface area contributed by atoms with Gasteiger partial charge in [0.15, 0.2) is 0 Å². The first-order valence-corrected chi connectivity index (χ1v) is 8.43. The molecule has 0 aromatic carbocycles. The van der Waals surface area contributed by atoms with Gasteiger partial charge in [-0.2, -0.15) is 4.98 Å². The lowest BCUT2D eigenvalue weighted by molar-refractivity contribution is -0.000243. The van der Waals surface area contributed by atoms with Gasteiger partial charge in [0.05, 0.1) is 38.8 Å². The fourth-order valence-corrected chi connectivity index (χ4v) is 2.65. The minimum atomic E-state index is -0.915. The average Bonchev–Trinajstić information content (AvgIpc) is 2.99. The van der Waals surface area contributed by atoms with Gasteiger partial charge in [-0.15, -0.1) is 9.24 Å². The second-order valence-electron chi connectivity index (χ2n) is 5.68. The molecule has 8 nitrogen and oxygen atoms in total. The molecule has 24 heavy (non-hydrogen) atoms. The number of methoxy groups -OCH3 is 1. The Hall–Kier alpha value is -1.31. The van der Waals surface area contributed by atoms with E-state index >= 15 is 0 Å². The van der Waals surface area contributed by atoms with Gasteiger partial charge in [0.2, 0.25) is 5.88 Å². The molecule has 0 spiro atoms. The molecule has 2 rings (SSSR count). The van der Waals surface area contributed by atoms with Gasteiger partial charge in [0.1, 0.15) is 18.6 Å². The van der Waals surface area contributed by atoms with Crippen LogP contribution in [0.2, 0.25) is 0 Å². The van der Waals surface area contributed by atoms with Crippen molar-refractivity contribution in [2.75, 3.05) is 33.3 Å². The Morgan fingerprint density at radius 2 is 1.92 bits per heavy atom. The van der Waals surface area contributed by atoms with E-state index in [0.29, 0.717) is 31.8 Å². The molecule has 1 unspecified atom stereocenters. The Labute approximate surface area is 142 Å². The van der Waals surface area contributed by atoms with Gasteiger partial charge in [-0.3, -0.25) is 0 Å². The quantitative estimate of drug-likeness (QED) is 0.519. The number of hydrogen-bond donors (Lipinski definition) is 3. The number of rotatable bonds is 10. The van der Waals surface area contributed by atoms with Crippen molar-refractivity contribution in [1.29, 1.82) is 0 Å². The number of aromatic nitrogens is 3. The third-order valence-corrected chi connectivity index (χ3v) is 4.40. The third-order valence-electron chi connectivity index (χ3n) is 4.16. The van der Waals surface area contributed by atoms with Gasteiger partial charge >= 0.3 is 0 Å². The lowest BCUT2D eigenvalue weighted by atomic mass is 9.84. The summed E-state index contributed by atoms with van der Waals surface area (Å²) in [7, 11) is 4.04. The van der Waals surface area contributed by atoms with E-state index in [1.807, 2.05) is 10.8 Å². The molecule has 3 N–H and O–H groups in total. The molecule has 0 aliphatic heterocycles. The van der Waals surface area contributed by atoms with Crippen LogP contribution >= 0.6 is 9.24 Å². The maximum Gasteiger partial charge on any atom is 0.241 e. The number of aryl methyl sites for hydroxylation is 1. The summed E-state index contributed by atoms with van der Waals surface area (Å²) in [5, 5.41) is 28.4. The summed E-state index contributed by atoms with van der Waals surface area (Å²) >= 11 is 0. The van der Waals surface area contributed by atoms with Crippen molar-refractivity contribution in [2.45, 2.75) is 19.6 Å². The molecule has 0 bridgehead atoms. The Morgan fingerprint density at radius 3 is 2.50 bits per heavy atom. The summed E-state index contributed by atoms with van der Waals surface area (Å²) in [5.74, 6) is 0.455. The molecule has 0 saturated carbocycles. The van der Waals surface area contributed by atoms with Crippen LogP contribution in [0.5, 0.6) is 5.88 Å². The average molecular weight is 357 g/mol. The first-order valence-electron chi connectivity index (χ1n) is 7.61. The highest BCUT2D eigenvalue weighted by Gasteiger charge is 2.28. The van der Waals surface area contributed by atoms with Gasteiger partial charge in [-0.05, 0) is 18.4 Å². The van der Waals surface area contributed by atoms with Crippen LogP contribution < -0.4 is 4.74 Å². The summed E-state index contributed by atoms with van der Waals surface area (Å²) < 4.78 is 12.6. The molecule has 2 heterocycles. The van der Waals surface area contributed by atoms with Gasteiger partial charge in [0.25, 0.3) is 0 Å². The van der Waals surface area contributed by atoms with E-state index in [-0.39, 0.29) is 19.8 Å². The van der Waals surface area contributed by atoms with Crippen molar-refractivity contribution in [2.24, 2.45) is 5.41 Å². The van der Waals surface area contributed by atoms with Crippen molar-refractivity contribution in [3.63, 3.8) is 0 Å². The van der Waals surface area contributed by atoms with Crippen LogP contribution in [0.1, 0.15) is 12.0 Å². The second-order valence-corrected chi connectivity index (χ2v) is 6.01. The molecule has 0 aliphatic rings. The summed E-state index contributed by atoms with van der Waals surface area (Å²) in [6.45, 7) is -0.526. The maximum atomic E-state index is 9.48. The number of nitrogens with zero attached hydrogens (tertiary/aromatic N) is 3. The molecule has 1 atom stereocenters. The lowest BCUT2D eigenvalue weighted by Gasteiger charge is -2.26. The van der Waals surface area contributed by atoms with Crippen molar-refractivity contribution in [3.05, 3.63) is 18.1 Å². The normalized spacial score (nSPS) is 12.0. The van der Waals surface area contributed by atoms with E-state index in [2.05, 4.69) is 19.2 Å². The van der Waals surface area contributed by atoms with Crippen molar-refractivity contribution in [1.82, 2.24) is 14.5 Å². The van der Waals surface area contributed by atoms with Crippen LogP contribution in [0.4, 0.5) is 0 Å². The first kappa shape index (κ1) is 19.0. The smallest absolute Gasteiger partial charge is 0.241 e. The van der Waals surface area contributed by atoms with E-state index in [9.17, 15) is 15.3 Å². The summed E-state index contributed by atoms with van der Waals surface area (Å²) in [4.78, 5) is 8.47. The fraction of sp³-hybridized carbons (Fsp3) is 0.600. The minimum Gasteiger partial charge on any atom is -0.479 e. The van der Waals surface area contributed by atoms with Crippen LogP contribution in [0.25, 0.3) is 11.0 Å². The Kier molecular flexibility index (Phi) is 6.89. The first-order chi connectivity index (χ1) is 11.6. The second kappa shape index (κ2) is 8.69. The predicted octanol–water partition coefficient (Wildman–Crippen LogP) is 0.142. The van der Waals surface area contributed by atoms with Crippen LogP contribution in [-0.2, 0) is 17.9 Å². The summed E-state index contributed by atoms with van der Waals surface area (Å²) in [6, 6.07) is 0. The molecule has 134 valence electrons. The number of hydrogen-bond acceptors (Lipinski definition) is 7. The van der Waals surface area contributed by atoms with Crippen molar-refractivity contribution >= 4 is 20.3 Å². The highest BCUT2D eigenvalue weighted by Crippen LogP contribution is 2.30. The summed E-state index contributed by atoms with van der Waals surface area (Å²) in [5.41, 5.74) is 1.47. The monoisotopic (exact) mass is 357 g/mol. The number of aliphatic hydroxyl groups excluding tert-OH is 3. The summed E-state index contributed by atoms with van der Waals surface area (Å²) in [6.07, 6.45) is 4.79. The highest BCUT2D eigenvalue weighted by molar-refractivity contribution is 7.16. The number of fused-ring (bicyclic) bond motifs is 1. The Bertz CT molecular complexity index is 652. The van der Waals surface area contributed by atoms with Crippen LogP contribution in [0.15, 0.2) is 12.5 Å². The Balaban J connectivity index is 2.36. The largest absolute Gasteiger partial charge is 0.479 e. The number of ether oxygens (including phenoxy) is 2. The molecule has 2 aromatic rings. The van der Waals surface area contributed by atoms with Crippen LogP contribution in [0.3, 0.4) is 0 Å². The molecule has 0 saturated heterocycles. The van der Waals surface area contributed by atoms with E-state index in [4.69, 9.17) is 9.47 Å². The standard InChI is InChI=1S/C15H24N3O5P/c1-22-14-13-12(16-8-17-14)11(4-18(13)9-23-10-24)2-3-15(5-19,6-20)7-21/h4,8,19-21H,2-3,5-7,9-10,24H2,1H3. The predicted molar refractivity (Wildman–Crippen MR) is 91.8 cm³/mol. The van der Waals surface area contributed by atoms with Crippen molar-refractivity contribution in [3.8, 4) is 5.88 Å². The van der Waals surface area contributed by atoms with Crippen LogP contribution in [0, 0.1) is 5.41 Å². The van der Waals surface area contributed by atoms with Gasteiger partial charge in [0, 0.05) is 11.6 Å². The van der Waals surface area contributed by atoms with Crippen molar-refractivity contribution < 1.29 is 24.8 Å². The topological polar surface area (TPSA) is 110 Å². The molecule has 2 aromatic heterocycles. The van der Waals surface area contributed by atoms with E-state index in [1.165, 1.54) is 6.33 Å². The molecule has 0 aliphatic carbocycles. The molecular formula is C15H24N3O5P. The lowest BCUT2D eigenvalue weighted by Crippen LogP contribution is -2.34. The Morgan fingerprint density at radius 1 is 1.21 bits per heavy atom. The zero-order valence-electron chi connectivity index (χ0n) is 13.7. The highest BCUT2D eigenvalue weighted by atomic mass is 31.0. The third kappa shape index (κ3) is 3.84. The molecule has 0 fully saturated rings. The van der Waals surface area contributed by atoms with Gasteiger partial charge in [-0.1, -0.05) is 0 Å². The van der Waals surface area contributed by atoms with E-state index in [0.717, 1.165) is 16.6 Å². The van der Waals surface area contributed by atoms with Gasteiger partial charge < -0.3 is 29.4 Å². The zero-order chi connectivity index (χ0) is 17.6. The molecular weight excluding hydrogens is 333 g/mol. The fourth-order valence-electron chi connectivity index (χ4n) is 2.54.